The van der Waals surface area contributed by atoms with Crippen molar-refractivity contribution in [2.45, 2.75) is 26.3 Å². The Labute approximate surface area is 101 Å². The van der Waals surface area contributed by atoms with Gasteiger partial charge in [-0.2, -0.15) is 0 Å². The summed E-state index contributed by atoms with van der Waals surface area (Å²) >= 11 is 5.95. The third kappa shape index (κ3) is 2.23. The molecular formula is C13H16ClNO. The summed E-state index contributed by atoms with van der Waals surface area (Å²) in [4.78, 5) is 0. The Morgan fingerprint density at radius 3 is 2.81 bits per heavy atom. The summed E-state index contributed by atoms with van der Waals surface area (Å²) in [5, 5.41) is 5.21. The smallest absolute Gasteiger partial charge is 0.134 e. The minimum absolute atomic E-state index is 0.288. The maximum Gasteiger partial charge on any atom is 0.134 e. The van der Waals surface area contributed by atoms with E-state index in [0.717, 1.165) is 34.7 Å². The van der Waals surface area contributed by atoms with Crippen molar-refractivity contribution in [1.29, 1.82) is 0 Å². The molecule has 3 heteroatoms. The van der Waals surface area contributed by atoms with Crippen LogP contribution in [0, 0.1) is 0 Å². The van der Waals surface area contributed by atoms with Crippen molar-refractivity contribution in [3.05, 3.63) is 35.0 Å². The Balaban J connectivity index is 2.37. The van der Waals surface area contributed by atoms with E-state index in [1.54, 1.807) is 0 Å². The summed E-state index contributed by atoms with van der Waals surface area (Å²) in [5.41, 5.74) is 0.899. The lowest BCUT2D eigenvalue weighted by atomic mass is 10.1. The molecule has 1 aromatic carbocycles. The van der Waals surface area contributed by atoms with Gasteiger partial charge < -0.3 is 9.73 Å². The van der Waals surface area contributed by atoms with Crippen molar-refractivity contribution in [3.63, 3.8) is 0 Å². The van der Waals surface area contributed by atoms with Crippen LogP contribution in [-0.4, -0.2) is 6.54 Å². The van der Waals surface area contributed by atoms with Gasteiger partial charge in [0, 0.05) is 10.4 Å². The van der Waals surface area contributed by atoms with E-state index in [2.05, 4.69) is 25.2 Å². The molecule has 0 aliphatic heterocycles. The molecule has 1 heterocycles. The zero-order valence-electron chi connectivity index (χ0n) is 9.59. The minimum atomic E-state index is 0.288. The van der Waals surface area contributed by atoms with Crippen molar-refractivity contribution in [2.75, 3.05) is 6.54 Å². The first-order valence-corrected chi connectivity index (χ1v) is 6.04. The highest BCUT2D eigenvalue weighted by Gasteiger charge is 2.13. The van der Waals surface area contributed by atoms with Gasteiger partial charge in [-0.15, -0.1) is 0 Å². The van der Waals surface area contributed by atoms with Gasteiger partial charge in [-0.3, -0.25) is 0 Å². The first kappa shape index (κ1) is 11.5. The topological polar surface area (TPSA) is 25.2 Å². The van der Waals surface area contributed by atoms with Crippen LogP contribution >= 0.6 is 11.6 Å². The van der Waals surface area contributed by atoms with Crippen molar-refractivity contribution in [3.8, 4) is 0 Å². The molecule has 1 N–H and O–H groups in total. The van der Waals surface area contributed by atoms with Crippen LogP contribution in [0.1, 0.15) is 32.1 Å². The van der Waals surface area contributed by atoms with E-state index in [4.69, 9.17) is 16.0 Å². The normalized spacial score (nSPS) is 13.2. The number of fused-ring (bicyclic) bond motifs is 1. The zero-order valence-corrected chi connectivity index (χ0v) is 10.3. The second-order valence-corrected chi connectivity index (χ2v) is 4.29. The largest absolute Gasteiger partial charge is 0.459 e. The van der Waals surface area contributed by atoms with E-state index >= 15 is 0 Å². The van der Waals surface area contributed by atoms with Crippen molar-refractivity contribution in [2.24, 2.45) is 0 Å². The maximum atomic E-state index is 5.95. The highest BCUT2D eigenvalue weighted by molar-refractivity contribution is 6.31. The predicted octanol–water partition coefficient (Wildman–Crippen LogP) is 4.15. The van der Waals surface area contributed by atoms with Crippen molar-refractivity contribution < 1.29 is 4.42 Å². The SMILES string of the molecule is CCNC(CC)c1cc2cc(Cl)ccc2o1. The van der Waals surface area contributed by atoms with Crippen LogP contribution in [-0.2, 0) is 0 Å². The molecule has 0 saturated carbocycles. The van der Waals surface area contributed by atoms with Gasteiger partial charge in [0.1, 0.15) is 11.3 Å². The first-order chi connectivity index (χ1) is 7.74. The number of benzene rings is 1. The molecule has 1 atom stereocenters. The molecule has 16 heavy (non-hydrogen) atoms. The fourth-order valence-electron chi connectivity index (χ4n) is 1.90. The Hall–Kier alpha value is -0.990. The summed E-state index contributed by atoms with van der Waals surface area (Å²) in [6.45, 7) is 5.19. The number of furan rings is 1. The Kier molecular flexibility index (Phi) is 3.52. The monoisotopic (exact) mass is 237 g/mol. The molecule has 86 valence electrons. The van der Waals surface area contributed by atoms with E-state index < -0.39 is 0 Å². The van der Waals surface area contributed by atoms with Crippen LogP contribution < -0.4 is 5.32 Å². The lowest BCUT2D eigenvalue weighted by Crippen LogP contribution is -2.19. The van der Waals surface area contributed by atoms with E-state index in [-0.39, 0.29) is 6.04 Å². The van der Waals surface area contributed by atoms with Gasteiger partial charge in [0.25, 0.3) is 0 Å². The fraction of sp³-hybridized carbons (Fsp3) is 0.385. The van der Waals surface area contributed by atoms with Gasteiger partial charge in [-0.05, 0) is 37.2 Å². The van der Waals surface area contributed by atoms with Crippen LogP contribution in [0.15, 0.2) is 28.7 Å². The number of hydrogen-bond acceptors (Lipinski definition) is 2. The van der Waals surface area contributed by atoms with Gasteiger partial charge in [0.15, 0.2) is 0 Å². The Morgan fingerprint density at radius 2 is 2.12 bits per heavy atom. The average Bonchev–Trinajstić information content (AvgIpc) is 2.68. The van der Waals surface area contributed by atoms with E-state index in [0.29, 0.717) is 0 Å². The molecule has 2 rings (SSSR count). The van der Waals surface area contributed by atoms with Gasteiger partial charge in [0.2, 0.25) is 0 Å². The molecule has 0 fully saturated rings. The number of hydrogen-bond donors (Lipinski definition) is 1. The highest BCUT2D eigenvalue weighted by Crippen LogP contribution is 2.27. The van der Waals surface area contributed by atoms with Gasteiger partial charge in [-0.1, -0.05) is 25.4 Å². The molecule has 0 amide bonds. The van der Waals surface area contributed by atoms with Crippen LogP contribution in [0.4, 0.5) is 0 Å². The number of nitrogens with one attached hydrogen (secondary N) is 1. The summed E-state index contributed by atoms with van der Waals surface area (Å²) < 4.78 is 5.81. The van der Waals surface area contributed by atoms with Crippen molar-refractivity contribution >= 4 is 22.6 Å². The number of halogens is 1. The summed E-state index contributed by atoms with van der Waals surface area (Å²) in [6, 6.07) is 8.06. The van der Waals surface area contributed by atoms with E-state index in [9.17, 15) is 0 Å². The van der Waals surface area contributed by atoms with Crippen LogP contribution in [0.25, 0.3) is 11.0 Å². The van der Waals surface area contributed by atoms with Crippen LogP contribution in [0.3, 0.4) is 0 Å². The van der Waals surface area contributed by atoms with Crippen molar-refractivity contribution in [1.82, 2.24) is 5.32 Å². The van der Waals surface area contributed by atoms with E-state index in [1.807, 2.05) is 18.2 Å². The molecule has 0 spiro atoms. The van der Waals surface area contributed by atoms with Gasteiger partial charge >= 0.3 is 0 Å². The third-order valence-electron chi connectivity index (χ3n) is 2.70. The number of rotatable bonds is 4. The summed E-state index contributed by atoms with van der Waals surface area (Å²) in [6.07, 6.45) is 1.02. The minimum Gasteiger partial charge on any atom is -0.459 e. The van der Waals surface area contributed by atoms with Crippen LogP contribution in [0.2, 0.25) is 5.02 Å². The quantitative estimate of drug-likeness (QED) is 0.864. The standard InChI is InChI=1S/C13H16ClNO/c1-3-11(15-4-2)13-8-9-7-10(14)5-6-12(9)16-13/h5-8,11,15H,3-4H2,1-2H3. The lowest BCUT2D eigenvalue weighted by molar-refractivity contribution is 0.428. The molecule has 0 bridgehead atoms. The second-order valence-electron chi connectivity index (χ2n) is 3.85. The molecule has 2 nitrogen and oxygen atoms in total. The fourth-order valence-corrected chi connectivity index (χ4v) is 2.08. The summed E-state index contributed by atoms with van der Waals surface area (Å²) in [5.74, 6) is 0.988. The molecule has 2 aromatic rings. The zero-order chi connectivity index (χ0) is 11.5. The second kappa shape index (κ2) is 4.89. The Morgan fingerprint density at radius 1 is 1.31 bits per heavy atom. The molecule has 0 aliphatic rings. The molecule has 0 radical (unpaired) electrons. The molecule has 1 aromatic heterocycles. The average molecular weight is 238 g/mol. The highest BCUT2D eigenvalue weighted by atomic mass is 35.5. The molecular weight excluding hydrogens is 222 g/mol. The lowest BCUT2D eigenvalue weighted by Gasteiger charge is -2.11. The molecule has 0 aliphatic carbocycles. The third-order valence-corrected chi connectivity index (χ3v) is 2.93. The first-order valence-electron chi connectivity index (χ1n) is 5.67. The maximum absolute atomic E-state index is 5.95. The Bertz CT molecular complexity index is 478. The van der Waals surface area contributed by atoms with E-state index in [1.165, 1.54) is 0 Å². The van der Waals surface area contributed by atoms with Gasteiger partial charge in [-0.25, -0.2) is 0 Å². The van der Waals surface area contributed by atoms with Gasteiger partial charge in [0.05, 0.1) is 6.04 Å². The summed E-state index contributed by atoms with van der Waals surface area (Å²) in [7, 11) is 0. The van der Waals surface area contributed by atoms with Crippen LogP contribution in [0.5, 0.6) is 0 Å². The molecule has 1 unspecified atom stereocenters. The predicted molar refractivity (Wildman–Crippen MR) is 67.9 cm³/mol. The molecule has 0 saturated heterocycles.